The van der Waals surface area contributed by atoms with Gasteiger partial charge in [0.15, 0.2) is 12.4 Å². The molecule has 0 heterocycles. The molecule has 2 aromatic carbocycles. The molecule has 0 aliphatic rings. The number of aryl methyl sites for hydroxylation is 2. The molecule has 0 aliphatic heterocycles. The number of Topliss-reactive ketones (excluding diaryl/α,β-unsaturated/α-hetero) is 1. The topological polar surface area (TPSA) is 26.3 Å². The highest BCUT2D eigenvalue weighted by atomic mass is 79.9. The Morgan fingerprint density at radius 1 is 1.20 bits per heavy atom. The number of benzene rings is 2. The van der Waals surface area contributed by atoms with Gasteiger partial charge in [-0.3, -0.25) is 4.79 Å². The first-order valence-corrected chi connectivity index (χ1v) is 6.95. The molecule has 0 atom stereocenters. The molecule has 0 radical (unpaired) electrons. The summed E-state index contributed by atoms with van der Waals surface area (Å²) in [7, 11) is 0. The van der Waals surface area contributed by atoms with Crippen LogP contribution >= 0.6 is 15.9 Å². The molecule has 20 heavy (non-hydrogen) atoms. The van der Waals surface area contributed by atoms with Crippen LogP contribution in [-0.4, -0.2) is 12.4 Å². The van der Waals surface area contributed by atoms with Gasteiger partial charge < -0.3 is 4.74 Å². The molecule has 2 aromatic rings. The van der Waals surface area contributed by atoms with Crippen LogP contribution < -0.4 is 4.74 Å². The predicted octanol–water partition coefficient (Wildman–Crippen LogP) is 4.47. The van der Waals surface area contributed by atoms with Crippen LogP contribution in [0.5, 0.6) is 5.75 Å². The van der Waals surface area contributed by atoms with E-state index in [1.165, 1.54) is 6.07 Å². The van der Waals surface area contributed by atoms with Gasteiger partial charge in [0.2, 0.25) is 0 Å². The third-order valence-electron chi connectivity index (χ3n) is 2.94. The lowest BCUT2D eigenvalue weighted by Crippen LogP contribution is -2.13. The molecule has 0 amide bonds. The maximum atomic E-state index is 13.3. The molecule has 2 nitrogen and oxygen atoms in total. The molecular weight excluding hydrogens is 323 g/mol. The summed E-state index contributed by atoms with van der Waals surface area (Å²) in [6.07, 6.45) is 0. The third kappa shape index (κ3) is 3.45. The molecule has 0 N–H and O–H groups in total. The Morgan fingerprint density at radius 2 is 1.95 bits per heavy atom. The van der Waals surface area contributed by atoms with Crippen LogP contribution in [0.15, 0.2) is 40.9 Å². The van der Waals surface area contributed by atoms with Crippen molar-refractivity contribution in [2.24, 2.45) is 0 Å². The van der Waals surface area contributed by atoms with E-state index in [1.807, 2.05) is 26.0 Å². The first-order chi connectivity index (χ1) is 9.47. The monoisotopic (exact) mass is 336 g/mol. The van der Waals surface area contributed by atoms with Gasteiger partial charge >= 0.3 is 0 Å². The molecule has 104 valence electrons. The summed E-state index contributed by atoms with van der Waals surface area (Å²) in [6.45, 7) is 3.76. The van der Waals surface area contributed by atoms with Crippen LogP contribution in [0.3, 0.4) is 0 Å². The zero-order valence-electron chi connectivity index (χ0n) is 11.2. The first kappa shape index (κ1) is 14.7. The molecule has 0 saturated heterocycles. The van der Waals surface area contributed by atoms with Crippen LogP contribution in [-0.2, 0) is 0 Å². The number of ether oxygens (including phenoxy) is 1. The Balaban J connectivity index is 2.06. The lowest BCUT2D eigenvalue weighted by molar-refractivity contribution is 0.0920. The highest BCUT2D eigenvalue weighted by Gasteiger charge is 2.10. The van der Waals surface area contributed by atoms with E-state index in [1.54, 1.807) is 18.2 Å². The van der Waals surface area contributed by atoms with E-state index in [0.29, 0.717) is 15.8 Å². The van der Waals surface area contributed by atoms with Gasteiger partial charge in [-0.1, -0.05) is 23.8 Å². The van der Waals surface area contributed by atoms with Gasteiger partial charge in [-0.2, -0.15) is 0 Å². The van der Waals surface area contributed by atoms with Gasteiger partial charge in [0.05, 0.1) is 4.47 Å². The minimum Gasteiger partial charge on any atom is -0.485 e. The van der Waals surface area contributed by atoms with Crippen molar-refractivity contribution in [2.75, 3.05) is 6.61 Å². The van der Waals surface area contributed by atoms with Crippen LogP contribution in [0.4, 0.5) is 4.39 Å². The van der Waals surface area contributed by atoms with Crippen molar-refractivity contribution in [1.82, 2.24) is 0 Å². The highest BCUT2D eigenvalue weighted by molar-refractivity contribution is 9.10. The fourth-order valence-corrected chi connectivity index (χ4v) is 2.17. The quantitative estimate of drug-likeness (QED) is 0.770. The number of halogens is 2. The summed E-state index contributed by atoms with van der Waals surface area (Å²) in [5.41, 5.74) is 2.66. The normalized spacial score (nSPS) is 10.4. The van der Waals surface area contributed by atoms with Crippen molar-refractivity contribution < 1.29 is 13.9 Å². The zero-order chi connectivity index (χ0) is 14.7. The van der Waals surface area contributed by atoms with Gasteiger partial charge in [-0.15, -0.1) is 0 Å². The minimum absolute atomic E-state index is 0.106. The van der Waals surface area contributed by atoms with Gasteiger partial charge in [0, 0.05) is 11.6 Å². The predicted molar refractivity (Wildman–Crippen MR) is 79.8 cm³/mol. The van der Waals surface area contributed by atoms with E-state index < -0.39 is 5.82 Å². The number of ketones is 1. The number of hydrogen-bond acceptors (Lipinski definition) is 2. The molecule has 0 bridgehead atoms. The molecule has 0 aromatic heterocycles. The summed E-state index contributed by atoms with van der Waals surface area (Å²) in [5.74, 6) is -0.198. The summed E-state index contributed by atoms with van der Waals surface area (Å²) in [4.78, 5) is 12.1. The molecule has 0 unspecified atom stereocenters. The van der Waals surface area contributed by atoms with Crippen molar-refractivity contribution in [3.05, 3.63) is 63.4 Å². The van der Waals surface area contributed by atoms with Gasteiger partial charge in [-0.05, 0) is 47.5 Å². The highest BCUT2D eigenvalue weighted by Crippen LogP contribution is 2.21. The Bertz CT molecular complexity index is 653. The van der Waals surface area contributed by atoms with E-state index >= 15 is 0 Å². The number of rotatable bonds is 4. The first-order valence-electron chi connectivity index (χ1n) is 6.15. The molecule has 2 rings (SSSR count). The molecule has 0 saturated carbocycles. The van der Waals surface area contributed by atoms with E-state index in [-0.39, 0.29) is 12.4 Å². The lowest BCUT2D eigenvalue weighted by atomic mass is 10.0. The SMILES string of the molecule is Cc1ccc(C(=O)COc2ccc(Br)c(F)c2)c(C)c1. The summed E-state index contributed by atoms with van der Waals surface area (Å²) >= 11 is 3.06. The number of carbonyl (C=O) groups is 1. The van der Waals surface area contributed by atoms with E-state index in [2.05, 4.69) is 15.9 Å². The minimum atomic E-state index is -0.415. The average Bonchev–Trinajstić information content (AvgIpc) is 2.40. The fourth-order valence-electron chi connectivity index (χ4n) is 1.92. The molecule has 0 spiro atoms. The fraction of sp³-hybridized carbons (Fsp3) is 0.188. The average molecular weight is 337 g/mol. The maximum Gasteiger partial charge on any atom is 0.200 e. The van der Waals surface area contributed by atoms with Crippen molar-refractivity contribution in [3.63, 3.8) is 0 Å². The molecule has 0 fully saturated rings. The van der Waals surface area contributed by atoms with E-state index in [9.17, 15) is 9.18 Å². The van der Waals surface area contributed by atoms with Crippen LogP contribution in [0.25, 0.3) is 0 Å². The van der Waals surface area contributed by atoms with Crippen molar-refractivity contribution >= 4 is 21.7 Å². The smallest absolute Gasteiger partial charge is 0.200 e. The van der Waals surface area contributed by atoms with Crippen molar-refractivity contribution in [1.29, 1.82) is 0 Å². The molecular formula is C16H14BrFO2. The van der Waals surface area contributed by atoms with Gasteiger partial charge in [0.1, 0.15) is 11.6 Å². The Morgan fingerprint density at radius 3 is 2.60 bits per heavy atom. The van der Waals surface area contributed by atoms with E-state index in [0.717, 1.165) is 11.1 Å². The summed E-state index contributed by atoms with van der Waals surface area (Å²) < 4.78 is 19.0. The summed E-state index contributed by atoms with van der Waals surface area (Å²) in [5, 5.41) is 0. The Kier molecular flexibility index (Phi) is 4.55. The Labute approximate surface area is 125 Å². The second kappa shape index (κ2) is 6.18. The van der Waals surface area contributed by atoms with Gasteiger partial charge in [-0.25, -0.2) is 4.39 Å². The second-order valence-electron chi connectivity index (χ2n) is 4.61. The van der Waals surface area contributed by atoms with Crippen LogP contribution in [0.1, 0.15) is 21.5 Å². The largest absolute Gasteiger partial charge is 0.485 e. The van der Waals surface area contributed by atoms with Crippen LogP contribution in [0.2, 0.25) is 0 Å². The standard InChI is InChI=1S/C16H14BrFO2/c1-10-3-5-13(11(2)7-10)16(19)9-20-12-4-6-14(17)15(18)8-12/h3-8H,9H2,1-2H3. The zero-order valence-corrected chi connectivity index (χ0v) is 12.8. The van der Waals surface area contributed by atoms with Crippen LogP contribution in [0, 0.1) is 19.7 Å². The van der Waals surface area contributed by atoms with Crippen molar-refractivity contribution in [3.8, 4) is 5.75 Å². The number of carbonyl (C=O) groups excluding carboxylic acids is 1. The maximum absolute atomic E-state index is 13.3. The summed E-state index contributed by atoms with van der Waals surface area (Å²) in [6, 6.07) is 10.0. The van der Waals surface area contributed by atoms with Gasteiger partial charge in [0.25, 0.3) is 0 Å². The van der Waals surface area contributed by atoms with E-state index in [4.69, 9.17) is 4.74 Å². The van der Waals surface area contributed by atoms with Crippen molar-refractivity contribution in [2.45, 2.75) is 13.8 Å². The molecule has 4 heteroatoms. The second-order valence-corrected chi connectivity index (χ2v) is 5.46. The number of hydrogen-bond donors (Lipinski definition) is 0. The Hall–Kier alpha value is -1.68. The molecule has 0 aliphatic carbocycles. The third-order valence-corrected chi connectivity index (χ3v) is 3.59. The lowest BCUT2D eigenvalue weighted by Gasteiger charge is -2.08.